The molecule has 0 saturated carbocycles. The number of rotatable bonds is 2. The van der Waals surface area contributed by atoms with E-state index in [0.717, 1.165) is 11.3 Å². The summed E-state index contributed by atoms with van der Waals surface area (Å²) in [5.74, 6) is -0.996. The molecule has 6 heteroatoms. The van der Waals surface area contributed by atoms with Gasteiger partial charge in [-0.25, -0.2) is 0 Å². The van der Waals surface area contributed by atoms with Gasteiger partial charge >= 0.3 is 0 Å². The number of halogens is 1. The molecule has 0 atom stereocenters. The van der Waals surface area contributed by atoms with E-state index in [1.807, 2.05) is 6.07 Å². The lowest BCUT2D eigenvalue weighted by atomic mass is 9.88. The zero-order chi connectivity index (χ0) is 15.2. The van der Waals surface area contributed by atoms with Crippen molar-refractivity contribution in [1.29, 1.82) is 0 Å². The Hall–Kier alpha value is -1.53. The standard InChI is InChI=1S/C15H13BrN2O2S/c1-15(2)8-18(12-5-17-4-3-10(12)15)14(20)13(19)9-6-21-7-11(9)16/h3-7H,8H2,1-2H3. The van der Waals surface area contributed by atoms with Gasteiger partial charge in [-0.2, -0.15) is 11.3 Å². The average Bonchev–Trinajstić information content (AvgIpc) is 3.00. The second-order valence-electron chi connectivity index (χ2n) is 5.63. The number of hydrogen-bond acceptors (Lipinski definition) is 4. The van der Waals surface area contributed by atoms with Gasteiger partial charge < -0.3 is 4.90 Å². The van der Waals surface area contributed by atoms with Crippen molar-refractivity contribution < 1.29 is 9.59 Å². The van der Waals surface area contributed by atoms with Crippen molar-refractivity contribution in [3.8, 4) is 0 Å². The maximum atomic E-state index is 12.6. The van der Waals surface area contributed by atoms with E-state index in [9.17, 15) is 9.59 Å². The Kier molecular flexibility index (Phi) is 3.45. The van der Waals surface area contributed by atoms with Crippen LogP contribution in [0.2, 0.25) is 0 Å². The molecule has 0 aromatic carbocycles. The van der Waals surface area contributed by atoms with Gasteiger partial charge in [-0.1, -0.05) is 13.8 Å². The number of fused-ring (bicyclic) bond motifs is 1. The van der Waals surface area contributed by atoms with Gasteiger partial charge in [-0.05, 0) is 27.6 Å². The first-order valence-electron chi connectivity index (χ1n) is 6.44. The first kappa shape index (κ1) is 14.4. The molecule has 0 unspecified atom stereocenters. The van der Waals surface area contributed by atoms with Gasteiger partial charge in [0.25, 0.3) is 11.7 Å². The van der Waals surface area contributed by atoms with Crippen LogP contribution in [0.25, 0.3) is 0 Å². The van der Waals surface area contributed by atoms with Crippen LogP contribution < -0.4 is 4.90 Å². The highest BCUT2D eigenvalue weighted by atomic mass is 79.9. The highest BCUT2D eigenvalue weighted by Crippen LogP contribution is 2.40. The predicted molar refractivity (Wildman–Crippen MR) is 86.0 cm³/mol. The summed E-state index contributed by atoms with van der Waals surface area (Å²) in [4.78, 5) is 30.6. The van der Waals surface area contributed by atoms with Crippen molar-refractivity contribution in [3.63, 3.8) is 0 Å². The summed E-state index contributed by atoms with van der Waals surface area (Å²) in [5.41, 5.74) is 2.01. The number of ketones is 1. The monoisotopic (exact) mass is 364 g/mol. The van der Waals surface area contributed by atoms with Crippen LogP contribution >= 0.6 is 27.3 Å². The summed E-state index contributed by atoms with van der Waals surface area (Å²) in [5, 5.41) is 3.49. The minimum atomic E-state index is -0.506. The first-order valence-corrected chi connectivity index (χ1v) is 8.18. The molecule has 108 valence electrons. The van der Waals surface area contributed by atoms with E-state index in [-0.39, 0.29) is 5.41 Å². The summed E-state index contributed by atoms with van der Waals surface area (Å²) < 4.78 is 0.663. The van der Waals surface area contributed by atoms with Gasteiger partial charge in [0.2, 0.25) is 0 Å². The lowest BCUT2D eigenvalue weighted by Gasteiger charge is -2.20. The summed E-state index contributed by atoms with van der Waals surface area (Å²) in [6.07, 6.45) is 3.36. The summed E-state index contributed by atoms with van der Waals surface area (Å²) in [6.45, 7) is 4.61. The number of anilines is 1. The summed E-state index contributed by atoms with van der Waals surface area (Å²) >= 11 is 4.69. The smallest absolute Gasteiger partial charge is 0.299 e. The number of pyridine rings is 1. The third kappa shape index (κ3) is 2.32. The number of thiophene rings is 1. The largest absolute Gasteiger partial charge is 0.303 e. The molecule has 4 nitrogen and oxygen atoms in total. The Bertz CT molecular complexity index is 739. The summed E-state index contributed by atoms with van der Waals surface area (Å²) in [7, 11) is 0. The second kappa shape index (κ2) is 5.03. The quantitative estimate of drug-likeness (QED) is 0.605. The number of Topliss-reactive ketones (excluding diaryl/α,β-unsaturated/α-hetero) is 1. The van der Waals surface area contributed by atoms with Crippen molar-refractivity contribution in [1.82, 2.24) is 4.98 Å². The molecule has 1 aliphatic heterocycles. The van der Waals surface area contributed by atoms with Crippen LogP contribution in [0.15, 0.2) is 33.7 Å². The molecular weight excluding hydrogens is 352 g/mol. The van der Waals surface area contributed by atoms with Gasteiger partial charge in [0.15, 0.2) is 0 Å². The molecule has 3 heterocycles. The Morgan fingerprint density at radius 1 is 1.38 bits per heavy atom. The SMILES string of the molecule is CC1(C)CN(C(=O)C(=O)c2cscc2Br)c2cnccc21. The zero-order valence-corrected chi connectivity index (χ0v) is 14.0. The van der Waals surface area contributed by atoms with E-state index in [1.165, 1.54) is 16.2 Å². The van der Waals surface area contributed by atoms with E-state index < -0.39 is 11.7 Å². The molecule has 0 bridgehead atoms. The highest BCUT2D eigenvalue weighted by Gasteiger charge is 2.40. The molecule has 1 aliphatic rings. The number of carbonyl (C=O) groups is 2. The van der Waals surface area contributed by atoms with Crippen molar-refractivity contribution in [3.05, 3.63) is 44.8 Å². The predicted octanol–water partition coefficient (Wildman–Crippen LogP) is 3.41. The van der Waals surface area contributed by atoms with E-state index in [4.69, 9.17) is 0 Å². The third-order valence-electron chi connectivity index (χ3n) is 3.67. The molecule has 0 aliphatic carbocycles. The number of amides is 1. The van der Waals surface area contributed by atoms with Crippen LogP contribution in [0.5, 0.6) is 0 Å². The molecule has 0 saturated heterocycles. The Morgan fingerprint density at radius 2 is 2.14 bits per heavy atom. The van der Waals surface area contributed by atoms with Crippen LogP contribution in [0.4, 0.5) is 5.69 Å². The number of aromatic nitrogens is 1. The maximum absolute atomic E-state index is 12.6. The lowest BCUT2D eigenvalue weighted by Crippen LogP contribution is -2.38. The van der Waals surface area contributed by atoms with Crippen LogP contribution in [-0.2, 0) is 10.2 Å². The normalized spacial score (nSPS) is 15.9. The van der Waals surface area contributed by atoms with Crippen molar-refractivity contribution in [2.75, 3.05) is 11.4 Å². The van der Waals surface area contributed by atoms with Gasteiger partial charge in [0.05, 0.1) is 17.4 Å². The Balaban J connectivity index is 1.97. The first-order chi connectivity index (χ1) is 9.92. The fourth-order valence-electron chi connectivity index (χ4n) is 2.60. The molecule has 0 N–H and O–H groups in total. The molecule has 0 fully saturated rings. The lowest BCUT2D eigenvalue weighted by molar-refractivity contribution is -0.114. The minimum absolute atomic E-state index is 0.180. The van der Waals surface area contributed by atoms with Gasteiger partial charge in [0.1, 0.15) is 0 Å². The van der Waals surface area contributed by atoms with E-state index in [1.54, 1.807) is 23.2 Å². The number of carbonyl (C=O) groups excluding carboxylic acids is 2. The molecule has 21 heavy (non-hydrogen) atoms. The Morgan fingerprint density at radius 3 is 2.81 bits per heavy atom. The van der Waals surface area contributed by atoms with Crippen molar-refractivity contribution in [2.24, 2.45) is 0 Å². The van der Waals surface area contributed by atoms with E-state index in [0.29, 0.717) is 16.6 Å². The highest BCUT2D eigenvalue weighted by molar-refractivity contribution is 9.10. The maximum Gasteiger partial charge on any atom is 0.299 e. The second-order valence-corrected chi connectivity index (χ2v) is 7.23. The van der Waals surface area contributed by atoms with Gasteiger partial charge in [0, 0.05) is 33.4 Å². The van der Waals surface area contributed by atoms with Crippen LogP contribution in [0.1, 0.15) is 29.8 Å². The zero-order valence-electron chi connectivity index (χ0n) is 11.6. The average molecular weight is 365 g/mol. The van der Waals surface area contributed by atoms with Crippen LogP contribution in [0, 0.1) is 0 Å². The third-order valence-corrected chi connectivity index (χ3v) is 5.37. The minimum Gasteiger partial charge on any atom is -0.303 e. The topological polar surface area (TPSA) is 50.3 Å². The van der Waals surface area contributed by atoms with Crippen LogP contribution in [-0.4, -0.2) is 23.2 Å². The molecule has 0 radical (unpaired) electrons. The van der Waals surface area contributed by atoms with E-state index in [2.05, 4.69) is 34.8 Å². The fraction of sp³-hybridized carbons (Fsp3) is 0.267. The molecule has 0 spiro atoms. The molecule has 2 aromatic heterocycles. The van der Waals surface area contributed by atoms with Gasteiger partial charge in [-0.15, -0.1) is 0 Å². The van der Waals surface area contributed by atoms with Crippen LogP contribution in [0.3, 0.4) is 0 Å². The molecule has 2 aromatic rings. The molecular formula is C15H13BrN2O2S. The van der Waals surface area contributed by atoms with Gasteiger partial charge in [-0.3, -0.25) is 14.6 Å². The summed E-state index contributed by atoms with van der Waals surface area (Å²) in [6, 6.07) is 1.91. The van der Waals surface area contributed by atoms with Crippen molar-refractivity contribution in [2.45, 2.75) is 19.3 Å². The Labute approximate surface area is 134 Å². The number of nitrogens with zero attached hydrogens (tertiary/aromatic N) is 2. The molecule has 1 amide bonds. The van der Waals surface area contributed by atoms with Crippen molar-refractivity contribution >= 4 is 44.6 Å². The fourth-order valence-corrected chi connectivity index (χ4v) is 4.06. The molecule has 3 rings (SSSR count). The van der Waals surface area contributed by atoms with E-state index >= 15 is 0 Å². The number of hydrogen-bond donors (Lipinski definition) is 0.